The lowest BCUT2D eigenvalue weighted by Crippen LogP contribution is -2.40. The standard InChI is InChI=1S/C13H19BrFNO2/c1-3-17-13(18-4-2)12(16)7-9-5-6-10(15)8-11(9)14/h5-6,8,12-13H,3-4,7,16H2,1-2H3. The van der Waals surface area contributed by atoms with Crippen molar-refractivity contribution in [3.05, 3.63) is 34.1 Å². The summed E-state index contributed by atoms with van der Waals surface area (Å²) in [7, 11) is 0. The molecule has 0 spiro atoms. The Morgan fingerprint density at radius 3 is 2.39 bits per heavy atom. The van der Waals surface area contributed by atoms with Gasteiger partial charge < -0.3 is 15.2 Å². The van der Waals surface area contributed by atoms with Crippen molar-refractivity contribution in [3.63, 3.8) is 0 Å². The van der Waals surface area contributed by atoms with Crippen molar-refractivity contribution in [2.45, 2.75) is 32.6 Å². The van der Waals surface area contributed by atoms with Gasteiger partial charge in [-0.15, -0.1) is 0 Å². The molecule has 5 heteroatoms. The van der Waals surface area contributed by atoms with Gasteiger partial charge in [-0.05, 0) is 38.0 Å². The molecule has 2 N–H and O–H groups in total. The van der Waals surface area contributed by atoms with Gasteiger partial charge in [0.2, 0.25) is 0 Å². The SMILES string of the molecule is CCOC(OCC)C(N)Cc1ccc(F)cc1Br. The van der Waals surface area contributed by atoms with Crippen LogP contribution in [0.5, 0.6) is 0 Å². The van der Waals surface area contributed by atoms with Gasteiger partial charge in [-0.2, -0.15) is 0 Å². The normalized spacial score (nSPS) is 13.0. The third-order valence-corrected chi connectivity index (χ3v) is 3.22. The van der Waals surface area contributed by atoms with Crippen molar-refractivity contribution in [2.75, 3.05) is 13.2 Å². The molecular weight excluding hydrogens is 301 g/mol. The minimum absolute atomic E-state index is 0.273. The summed E-state index contributed by atoms with van der Waals surface area (Å²) in [6.45, 7) is 4.88. The Kier molecular flexibility index (Phi) is 6.78. The molecule has 3 nitrogen and oxygen atoms in total. The molecule has 0 amide bonds. The Hall–Kier alpha value is -0.490. The Bertz CT molecular complexity index is 370. The Morgan fingerprint density at radius 2 is 1.89 bits per heavy atom. The first kappa shape index (κ1) is 15.6. The average Bonchev–Trinajstić information content (AvgIpc) is 2.32. The number of halogens is 2. The van der Waals surface area contributed by atoms with Gasteiger partial charge in [0.25, 0.3) is 0 Å². The summed E-state index contributed by atoms with van der Waals surface area (Å²) in [5.41, 5.74) is 7.00. The Balaban J connectivity index is 2.69. The largest absolute Gasteiger partial charge is 0.351 e. The first-order valence-electron chi connectivity index (χ1n) is 6.01. The van der Waals surface area contributed by atoms with Gasteiger partial charge in [0.1, 0.15) is 5.82 Å². The summed E-state index contributed by atoms with van der Waals surface area (Å²) in [5.74, 6) is -0.273. The molecule has 0 saturated carbocycles. The fraction of sp³-hybridized carbons (Fsp3) is 0.538. The molecule has 0 aromatic heterocycles. The van der Waals surface area contributed by atoms with Crippen LogP contribution in [0, 0.1) is 5.82 Å². The van der Waals surface area contributed by atoms with Crippen LogP contribution in [0.4, 0.5) is 4.39 Å². The van der Waals surface area contributed by atoms with E-state index < -0.39 is 6.29 Å². The van der Waals surface area contributed by atoms with E-state index in [4.69, 9.17) is 15.2 Å². The highest BCUT2D eigenvalue weighted by Crippen LogP contribution is 2.20. The molecule has 1 aromatic carbocycles. The van der Waals surface area contributed by atoms with Crippen molar-refractivity contribution in [3.8, 4) is 0 Å². The summed E-state index contributed by atoms with van der Waals surface area (Å²) in [6, 6.07) is 4.28. The third-order valence-electron chi connectivity index (χ3n) is 2.48. The summed E-state index contributed by atoms with van der Waals surface area (Å²) in [4.78, 5) is 0. The number of hydrogen-bond acceptors (Lipinski definition) is 3. The molecule has 1 rings (SSSR count). The van der Waals surface area contributed by atoms with Crippen LogP contribution in [0.2, 0.25) is 0 Å². The van der Waals surface area contributed by atoms with Crippen LogP contribution in [0.3, 0.4) is 0 Å². The molecule has 1 atom stereocenters. The fourth-order valence-electron chi connectivity index (χ4n) is 1.66. The second kappa shape index (κ2) is 7.84. The molecule has 0 heterocycles. The van der Waals surface area contributed by atoms with Crippen LogP contribution in [0.1, 0.15) is 19.4 Å². The molecule has 0 radical (unpaired) electrons. The smallest absolute Gasteiger partial charge is 0.172 e. The number of ether oxygens (including phenoxy) is 2. The monoisotopic (exact) mass is 319 g/mol. The molecule has 0 aliphatic rings. The molecular formula is C13H19BrFNO2. The third kappa shape index (κ3) is 4.65. The lowest BCUT2D eigenvalue weighted by Gasteiger charge is -2.23. The van der Waals surface area contributed by atoms with Crippen LogP contribution in [-0.4, -0.2) is 25.5 Å². The number of rotatable bonds is 7. The number of hydrogen-bond donors (Lipinski definition) is 1. The van der Waals surface area contributed by atoms with E-state index in [9.17, 15) is 4.39 Å². The first-order valence-corrected chi connectivity index (χ1v) is 6.80. The fourth-order valence-corrected chi connectivity index (χ4v) is 2.17. The zero-order chi connectivity index (χ0) is 13.5. The second-order valence-corrected chi connectivity index (χ2v) is 4.74. The Labute approximate surface area is 116 Å². The van der Waals surface area contributed by atoms with Crippen LogP contribution in [0.15, 0.2) is 22.7 Å². The van der Waals surface area contributed by atoms with Crippen molar-refractivity contribution in [1.82, 2.24) is 0 Å². The second-order valence-electron chi connectivity index (χ2n) is 3.88. The topological polar surface area (TPSA) is 44.5 Å². The molecule has 1 aromatic rings. The highest BCUT2D eigenvalue weighted by molar-refractivity contribution is 9.10. The quantitative estimate of drug-likeness (QED) is 0.786. The molecule has 102 valence electrons. The Morgan fingerprint density at radius 1 is 1.28 bits per heavy atom. The maximum absolute atomic E-state index is 13.0. The van der Waals surface area contributed by atoms with Gasteiger partial charge in [-0.3, -0.25) is 0 Å². The van der Waals surface area contributed by atoms with Crippen molar-refractivity contribution in [2.24, 2.45) is 5.73 Å². The average molecular weight is 320 g/mol. The number of benzene rings is 1. The van der Waals surface area contributed by atoms with Crippen molar-refractivity contribution in [1.29, 1.82) is 0 Å². The zero-order valence-electron chi connectivity index (χ0n) is 10.7. The van der Waals surface area contributed by atoms with Crippen LogP contribution in [0.25, 0.3) is 0 Å². The molecule has 1 unspecified atom stereocenters. The van der Waals surface area contributed by atoms with E-state index in [-0.39, 0.29) is 11.9 Å². The van der Waals surface area contributed by atoms with E-state index in [2.05, 4.69) is 15.9 Å². The van der Waals surface area contributed by atoms with Gasteiger partial charge in [0.05, 0.1) is 6.04 Å². The number of nitrogens with two attached hydrogens (primary N) is 1. The van der Waals surface area contributed by atoms with E-state index in [1.54, 1.807) is 6.07 Å². The van der Waals surface area contributed by atoms with Gasteiger partial charge in [0.15, 0.2) is 6.29 Å². The molecule has 18 heavy (non-hydrogen) atoms. The van der Waals surface area contributed by atoms with Crippen molar-refractivity contribution < 1.29 is 13.9 Å². The lowest BCUT2D eigenvalue weighted by molar-refractivity contribution is -0.148. The lowest BCUT2D eigenvalue weighted by atomic mass is 10.1. The van der Waals surface area contributed by atoms with Gasteiger partial charge in [-0.1, -0.05) is 22.0 Å². The van der Waals surface area contributed by atoms with E-state index >= 15 is 0 Å². The predicted octanol–water partition coefficient (Wildman–Crippen LogP) is 2.86. The molecule has 0 saturated heterocycles. The van der Waals surface area contributed by atoms with E-state index in [0.29, 0.717) is 24.1 Å². The summed E-state index contributed by atoms with van der Waals surface area (Å²) < 4.78 is 24.6. The summed E-state index contributed by atoms with van der Waals surface area (Å²) in [5, 5.41) is 0. The van der Waals surface area contributed by atoms with E-state index in [1.807, 2.05) is 13.8 Å². The summed E-state index contributed by atoms with van der Waals surface area (Å²) in [6.07, 6.45) is 0.128. The molecule has 0 fully saturated rings. The van der Waals surface area contributed by atoms with E-state index in [1.165, 1.54) is 12.1 Å². The summed E-state index contributed by atoms with van der Waals surface area (Å²) >= 11 is 3.33. The molecule has 0 aliphatic carbocycles. The predicted molar refractivity (Wildman–Crippen MR) is 72.8 cm³/mol. The first-order chi connectivity index (χ1) is 8.58. The maximum Gasteiger partial charge on any atom is 0.172 e. The van der Waals surface area contributed by atoms with Crippen LogP contribution >= 0.6 is 15.9 Å². The maximum atomic E-state index is 13.0. The molecule has 0 aliphatic heterocycles. The van der Waals surface area contributed by atoms with Crippen LogP contribution in [-0.2, 0) is 15.9 Å². The minimum atomic E-state index is -0.433. The molecule has 0 bridgehead atoms. The van der Waals surface area contributed by atoms with Gasteiger partial charge in [0, 0.05) is 17.7 Å². The zero-order valence-corrected chi connectivity index (χ0v) is 12.2. The van der Waals surface area contributed by atoms with Gasteiger partial charge in [-0.25, -0.2) is 4.39 Å². The van der Waals surface area contributed by atoms with E-state index in [0.717, 1.165) is 5.56 Å². The minimum Gasteiger partial charge on any atom is -0.351 e. The highest BCUT2D eigenvalue weighted by Gasteiger charge is 2.19. The highest BCUT2D eigenvalue weighted by atomic mass is 79.9. The van der Waals surface area contributed by atoms with Crippen LogP contribution < -0.4 is 5.73 Å². The van der Waals surface area contributed by atoms with Crippen molar-refractivity contribution >= 4 is 15.9 Å². The van der Waals surface area contributed by atoms with Gasteiger partial charge >= 0.3 is 0 Å².